The molecule has 0 fully saturated rings. The summed E-state index contributed by atoms with van der Waals surface area (Å²) < 4.78 is 5.23. The van der Waals surface area contributed by atoms with Gasteiger partial charge >= 0.3 is 5.97 Å². The number of nitrogens with zero attached hydrogens (tertiary/aromatic N) is 1. The zero-order valence-electron chi connectivity index (χ0n) is 26.5. The Balaban J connectivity index is 1.38. The molecule has 0 unspecified atom stereocenters. The number of esters is 1. The van der Waals surface area contributed by atoms with Gasteiger partial charge in [-0.15, -0.1) is 0 Å². The maximum atomic E-state index is 11.6. The minimum Gasteiger partial charge on any atom is -0.462 e. The number of benzene rings is 5. The van der Waals surface area contributed by atoms with Crippen molar-refractivity contribution in [3.05, 3.63) is 173 Å². The second kappa shape index (κ2) is 15.0. The molecule has 0 N–H and O–H groups in total. The molecule has 3 heteroatoms. The average molecular weight is 592 g/mol. The molecular weight excluding hydrogens is 550 g/mol. The Morgan fingerprint density at radius 2 is 1.18 bits per heavy atom. The Morgan fingerprint density at radius 3 is 1.76 bits per heavy atom. The molecule has 0 aliphatic heterocycles. The number of carbonyl (C=O) groups excluding carboxylic acids is 1. The maximum Gasteiger partial charge on any atom is 0.333 e. The summed E-state index contributed by atoms with van der Waals surface area (Å²) in [4.78, 5) is 13.9. The quantitative estimate of drug-likeness (QED) is 0.0625. The Morgan fingerprint density at radius 1 is 0.667 bits per heavy atom. The molecule has 45 heavy (non-hydrogen) atoms. The van der Waals surface area contributed by atoms with Crippen molar-refractivity contribution in [1.82, 2.24) is 0 Å². The summed E-state index contributed by atoms with van der Waals surface area (Å²) in [5, 5.41) is 0. The fraction of sp³-hybridized carbons (Fsp3) is 0.167. The standard InChI is InChI=1S/C42H41NO2/c1-31(2)42(44)45-29-9-8-10-34-17-25-39(26-18-34)43(38-23-15-33(4)16-24-38)40-27-19-35(20-28-40)30-41(36-11-6-5-7-12-36)37-21-13-32(3)14-22-37/h5-7,11-28,30H,1,8-10,29H2,2-4H3/b41-30+. The molecule has 0 bridgehead atoms. The van der Waals surface area contributed by atoms with Crippen molar-refractivity contribution in [1.29, 1.82) is 0 Å². The first-order valence-electron chi connectivity index (χ1n) is 15.6. The van der Waals surface area contributed by atoms with Crippen molar-refractivity contribution < 1.29 is 9.53 Å². The van der Waals surface area contributed by atoms with Crippen molar-refractivity contribution in [2.45, 2.75) is 40.0 Å². The fourth-order valence-corrected chi connectivity index (χ4v) is 5.24. The second-order valence-electron chi connectivity index (χ2n) is 11.6. The number of anilines is 3. The van der Waals surface area contributed by atoms with E-state index in [4.69, 9.17) is 4.74 Å². The van der Waals surface area contributed by atoms with Gasteiger partial charge in [-0.3, -0.25) is 0 Å². The maximum absolute atomic E-state index is 11.6. The van der Waals surface area contributed by atoms with Gasteiger partial charge in [-0.05, 0) is 110 Å². The minimum atomic E-state index is -0.317. The van der Waals surface area contributed by atoms with Gasteiger partial charge in [0.25, 0.3) is 0 Å². The molecule has 3 nitrogen and oxygen atoms in total. The SMILES string of the molecule is C=C(C)C(=O)OCCCCc1ccc(N(c2ccc(C)cc2)c2ccc(/C=C(\c3ccccc3)c3ccc(C)cc3)cc2)cc1. The number of rotatable bonds is 12. The minimum absolute atomic E-state index is 0.317. The molecule has 0 atom stereocenters. The molecule has 0 spiro atoms. The largest absolute Gasteiger partial charge is 0.462 e. The number of hydrogen-bond acceptors (Lipinski definition) is 3. The van der Waals surface area contributed by atoms with Crippen LogP contribution in [0, 0.1) is 13.8 Å². The van der Waals surface area contributed by atoms with Gasteiger partial charge in [0.2, 0.25) is 0 Å². The van der Waals surface area contributed by atoms with E-state index in [1.807, 2.05) is 0 Å². The van der Waals surface area contributed by atoms with Crippen LogP contribution in [0.25, 0.3) is 11.6 Å². The van der Waals surface area contributed by atoms with E-state index in [2.05, 4.69) is 159 Å². The van der Waals surface area contributed by atoms with Crippen LogP contribution >= 0.6 is 0 Å². The average Bonchev–Trinajstić information content (AvgIpc) is 3.06. The van der Waals surface area contributed by atoms with Crippen molar-refractivity contribution in [2.24, 2.45) is 0 Å². The number of aryl methyl sites for hydroxylation is 3. The van der Waals surface area contributed by atoms with Crippen LogP contribution in [0.1, 0.15) is 53.1 Å². The fourth-order valence-electron chi connectivity index (χ4n) is 5.24. The highest BCUT2D eigenvalue weighted by Crippen LogP contribution is 2.35. The molecule has 5 aromatic carbocycles. The van der Waals surface area contributed by atoms with Crippen LogP contribution in [0.15, 0.2) is 140 Å². The molecule has 0 saturated heterocycles. The lowest BCUT2D eigenvalue weighted by atomic mass is 9.95. The monoisotopic (exact) mass is 591 g/mol. The molecule has 5 rings (SSSR count). The first kappa shape index (κ1) is 31.3. The zero-order valence-corrected chi connectivity index (χ0v) is 26.5. The summed E-state index contributed by atoms with van der Waals surface area (Å²) in [6, 6.07) is 45.5. The van der Waals surface area contributed by atoms with E-state index in [9.17, 15) is 4.79 Å². The second-order valence-corrected chi connectivity index (χ2v) is 11.6. The third-order valence-electron chi connectivity index (χ3n) is 7.84. The van der Waals surface area contributed by atoms with E-state index in [0.29, 0.717) is 12.2 Å². The lowest BCUT2D eigenvalue weighted by Gasteiger charge is -2.26. The summed E-state index contributed by atoms with van der Waals surface area (Å²) in [7, 11) is 0. The first-order valence-corrected chi connectivity index (χ1v) is 15.6. The van der Waals surface area contributed by atoms with Crippen molar-refractivity contribution in [3.63, 3.8) is 0 Å². The molecule has 0 heterocycles. The summed E-state index contributed by atoms with van der Waals surface area (Å²) >= 11 is 0. The molecule has 0 amide bonds. The van der Waals surface area contributed by atoms with Crippen molar-refractivity contribution in [3.8, 4) is 0 Å². The summed E-state index contributed by atoms with van der Waals surface area (Å²) in [5.41, 5.74) is 12.2. The lowest BCUT2D eigenvalue weighted by molar-refractivity contribution is -0.139. The van der Waals surface area contributed by atoms with E-state index in [0.717, 1.165) is 41.9 Å². The topological polar surface area (TPSA) is 29.5 Å². The molecule has 5 aromatic rings. The Bertz CT molecular complexity index is 1730. The summed E-state index contributed by atoms with van der Waals surface area (Å²) in [5.74, 6) is -0.317. The highest BCUT2D eigenvalue weighted by Gasteiger charge is 2.13. The van der Waals surface area contributed by atoms with Crippen LogP contribution in [-0.4, -0.2) is 12.6 Å². The Hall–Kier alpha value is -5.15. The zero-order chi connectivity index (χ0) is 31.6. The van der Waals surface area contributed by atoms with Crippen molar-refractivity contribution >= 4 is 34.7 Å². The molecule has 0 aliphatic rings. The van der Waals surface area contributed by atoms with Crippen LogP contribution in [-0.2, 0) is 16.0 Å². The normalized spacial score (nSPS) is 11.2. The predicted molar refractivity (Wildman–Crippen MR) is 189 cm³/mol. The van der Waals surface area contributed by atoms with E-state index in [1.54, 1.807) is 6.92 Å². The van der Waals surface area contributed by atoms with Crippen molar-refractivity contribution in [2.75, 3.05) is 11.5 Å². The predicted octanol–water partition coefficient (Wildman–Crippen LogP) is 10.8. The van der Waals surface area contributed by atoms with Crippen LogP contribution < -0.4 is 4.90 Å². The highest BCUT2D eigenvalue weighted by atomic mass is 16.5. The summed E-state index contributed by atoms with van der Waals surface area (Å²) in [6.07, 6.45) is 4.98. The third kappa shape index (κ3) is 8.49. The van der Waals surface area contributed by atoms with Crippen LogP contribution in [0.5, 0.6) is 0 Å². The van der Waals surface area contributed by atoms with Crippen LogP contribution in [0.3, 0.4) is 0 Å². The van der Waals surface area contributed by atoms with Gasteiger partial charge in [-0.25, -0.2) is 4.79 Å². The first-order chi connectivity index (χ1) is 21.9. The van der Waals surface area contributed by atoms with Gasteiger partial charge in [0.1, 0.15) is 0 Å². The van der Waals surface area contributed by atoms with Gasteiger partial charge in [-0.2, -0.15) is 0 Å². The van der Waals surface area contributed by atoms with Crippen LogP contribution in [0.4, 0.5) is 17.1 Å². The molecule has 226 valence electrons. The molecular formula is C42H41NO2. The lowest BCUT2D eigenvalue weighted by Crippen LogP contribution is -2.10. The highest BCUT2D eigenvalue weighted by molar-refractivity contribution is 5.92. The van der Waals surface area contributed by atoms with E-state index in [-0.39, 0.29) is 5.97 Å². The van der Waals surface area contributed by atoms with Gasteiger partial charge in [0, 0.05) is 22.6 Å². The molecule has 0 aliphatic carbocycles. The van der Waals surface area contributed by atoms with Crippen LogP contribution in [0.2, 0.25) is 0 Å². The number of carbonyl (C=O) groups is 1. The Kier molecular flexibility index (Phi) is 10.4. The molecule has 0 aromatic heterocycles. The van der Waals surface area contributed by atoms with Gasteiger partial charge in [0.05, 0.1) is 6.61 Å². The number of hydrogen-bond donors (Lipinski definition) is 0. The van der Waals surface area contributed by atoms with E-state index < -0.39 is 0 Å². The molecule has 0 radical (unpaired) electrons. The number of unbranched alkanes of at least 4 members (excludes halogenated alkanes) is 1. The van der Waals surface area contributed by atoms with Gasteiger partial charge in [0.15, 0.2) is 0 Å². The number of ether oxygens (including phenoxy) is 1. The van der Waals surface area contributed by atoms with E-state index >= 15 is 0 Å². The smallest absolute Gasteiger partial charge is 0.333 e. The van der Waals surface area contributed by atoms with E-state index in [1.165, 1.54) is 33.4 Å². The Labute approximate surface area is 268 Å². The van der Waals surface area contributed by atoms with Gasteiger partial charge < -0.3 is 9.64 Å². The molecule has 0 saturated carbocycles. The van der Waals surface area contributed by atoms with Gasteiger partial charge in [-0.1, -0.05) is 109 Å². The third-order valence-corrected chi connectivity index (χ3v) is 7.84. The summed E-state index contributed by atoms with van der Waals surface area (Å²) in [6.45, 7) is 9.96.